The Bertz CT molecular complexity index is 163. The zero-order chi connectivity index (χ0) is 7.56. The maximum Gasteiger partial charge on any atom is 0.246 e. The van der Waals surface area contributed by atoms with Crippen LogP contribution < -0.4 is 5.32 Å². The summed E-state index contributed by atoms with van der Waals surface area (Å²) in [6.45, 7) is 6.05. The van der Waals surface area contributed by atoms with Gasteiger partial charge in [0.25, 0.3) is 0 Å². The molecule has 0 aromatic carbocycles. The van der Waals surface area contributed by atoms with E-state index in [-0.39, 0.29) is 5.91 Å². The summed E-state index contributed by atoms with van der Waals surface area (Å²) in [4.78, 5) is 10.9. The summed E-state index contributed by atoms with van der Waals surface area (Å²) in [5, 5.41) is 3.45. The monoisotopic (exact) mass is 157 g/mol. The molecule has 1 aliphatic rings. The van der Waals surface area contributed by atoms with Crippen molar-refractivity contribution in [2.75, 3.05) is 12.3 Å². The lowest BCUT2D eigenvalue weighted by Gasteiger charge is -2.00. The highest BCUT2D eigenvalue weighted by atomic mass is 32.2. The predicted octanol–water partition coefficient (Wildman–Crippen LogP) is 0.794. The van der Waals surface area contributed by atoms with Crippen molar-refractivity contribution in [3.05, 3.63) is 12.2 Å². The van der Waals surface area contributed by atoms with Crippen LogP contribution in [0.25, 0.3) is 0 Å². The summed E-state index contributed by atoms with van der Waals surface area (Å²) in [7, 11) is 0. The second kappa shape index (κ2) is 3.10. The molecule has 1 amide bonds. The van der Waals surface area contributed by atoms with Gasteiger partial charge >= 0.3 is 0 Å². The van der Waals surface area contributed by atoms with Gasteiger partial charge in [-0.2, -0.15) is 11.8 Å². The van der Waals surface area contributed by atoms with Gasteiger partial charge in [0.1, 0.15) is 0 Å². The van der Waals surface area contributed by atoms with Gasteiger partial charge in [0.15, 0.2) is 0 Å². The largest absolute Gasteiger partial charge is 0.351 e. The Morgan fingerprint density at radius 2 is 2.50 bits per heavy atom. The van der Waals surface area contributed by atoms with Crippen molar-refractivity contribution in [3.63, 3.8) is 0 Å². The molecule has 10 heavy (non-hydrogen) atoms. The van der Waals surface area contributed by atoms with Crippen molar-refractivity contribution in [2.24, 2.45) is 0 Å². The molecule has 1 unspecified atom stereocenters. The first-order chi connectivity index (χ1) is 4.70. The highest BCUT2D eigenvalue weighted by molar-refractivity contribution is 8.06. The van der Waals surface area contributed by atoms with Gasteiger partial charge in [-0.3, -0.25) is 4.79 Å². The molecule has 0 bridgehead atoms. The van der Waals surface area contributed by atoms with Gasteiger partial charge in [-0.25, -0.2) is 0 Å². The Morgan fingerprint density at radius 1 is 1.90 bits per heavy atom. The minimum absolute atomic E-state index is 0.0208. The number of nitrogens with one attached hydrogen (secondary N) is 1. The van der Waals surface area contributed by atoms with E-state index in [1.165, 1.54) is 5.75 Å². The third-order valence-electron chi connectivity index (χ3n) is 1.28. The molecule has 0 spiro atoms. The SMILES string of the molecule is C=C(C)C(=O)NCC1CS1. The van der Waals surface area contributed by atoms with Gasteiger partial charge in [0.05, 0.1) is 0 Å². The second-order valence-corrected chi connectivity index (χ2v) is 3.78. The fraction of sp³-hybridized carbons (Fsp3) is 0.571. The summed E-state index contributed by atoms with van der Waals surface area (Å²) in [5.41, 5.74) is 0.589. The zero-order valence-electron chi connectivity index (χ0n) is 6.02. The first-order valence-corrected chi connectivity index (χ1v) is 4.30. The van der Waals surface area contributed by atoms with Gasteiger partial charge in [-0.1, -0.05) is 6.58 Å². The third-order valence-corrected chi connectivity index (χ3v) is 2.25. The van der Waals surface area contributed by atoms with E-state index in [0.29, 0.717) is 10.8 Å². The van der Waals surface area contributed by atoms with E-state index in [1.54, 1.807) is 6.92 Å². The first-order valence-electron chi connectivity index (χ1n) is 3.25. The molecule has 1 atom stereocenters. The normalized spacial score (nSPS) is 21.9. The van der Waals surface area contributed by atoms with E-state index in [2.05, 4.69) is 11.9 Å². The highest BCUT2D eigenvalue weighted by Gasteiger charge is 2.22. The van der Waals surface area contributed by atoms with E-state index in [9.17, 15) is 4.79 Å². The number of hydrogen-bond donors (Lipinski definition) is 1. The molecule has 1 heterocycles. The molecule has 0 saturated carbocycles. The van der Waals surface area contributed by atoms with Crippen molar-refractivity contribution in [3.8, 4) is 0 Å². The van der Waals surface area contributed by atoms with Crippen LogP contribution >= 0.6 is 11.8 Å². The Hall–Kier alpha value is -0.440. The maximum absolute atomic E-state index is 10.9. The molecule has 0 radical (unpaired) electrons. The van der Waals surface area contributed by atoms with Crippen molar-refractivity contribution in [2.45, 2.75) is 12.2 Å². The summed E-state index contributed by atoms with van der Waals surface area (Å²) < 4.78 is 0. The van der Waals surface area contributed by atoms with Crippen molar-refractivity contribution >= 4 is 17.7 Å². The summed E-state index contributed by atoms with van der Waals surface area (Å²) >= 11 is 1.88. The van der Waals surface area contributed by atoms with E-state index < -0.39 is 0 Å². The topological polar surface area (TPSA) is 29.1 Å². The Morgan fingerprint density at radius 3 is 2.90 bits per heavy atom. The number of carbonyl (C=O) groups excluding carboxylic acids is 1. The van der Waals surface area contributed by atoms with Gasteiger partial charge in [0, 0.05) is 23.1 Å². The molecule has 1 saturated heterocycles. The molecule has 1 aliphatic heterocycles. The van der Waals surface area contributed by atoms with E-state index in [1.807, 2.05) is 11.8 Å². The van der Waals surface area contributed by atoms with Crippen LogP contribution in [0, 0.1) is 0 Å². The highest BCUT2D eigenvalue weighted by Crippen LogP contribution is 2.28. The van der Waals surface area contributed by atoms with Crippen LogP contribution in [0.4, 0.5) is 0 Å². The quantitative estimate of drug-likeness (QED) is 0.485. The van der Waals surface area contributed by atoms with Gasteiger partial charge in [0.2, 0.25) is 5.91 Å². The van der Waals surface area contributed by atoms with Crippen LogP contribution in [0.5, 0.6) is 0 Å². The molecular formula is C7H11NOS. The molecule has 0 aromatic heterocycles. The Kier molecular flexibility index (Phi) is 2.38. The zero-order valence-corrected chi connectivity index (χ0v) is 6.83. The second-order valence-electron chi connectivity index (χ2n) is 2.45. The molecule has 1 N–H and O–H groups in total. The lowest BCUT2D eigenvalue weighted by Crippen LogP contribution is -2.27. The lowest BCUT2D eigenvalue weighted by atomic mass is 10.3. The molecule has 2 nitrogen and oxygen atoms in total. The van der Waals surface area contributed by atoms with Crippen molar-refractivity contribution in [1.29, 1.82) is 0 Å². The number of thioether (sulfide) groups is 1. The van der Waals surface area contributed by atoms with E-state index >= 15 is 0 Å². The summed E-state index contributed by atoms with van der Waals surface area (Å²) in [6, 6.07) is 0. The summed E-state index contributed by atoms with van der Waals surface area (Å²) in [6.07, 6.45) is 0. The molecule has 3 heteroatoms. The number of rotatable bonds is 3. The average molecular weight is 157 g/mol. The number of amides is 1. The Labute approximate surface area is 65.1 Å². The Balaban J connectivity index is 2.11. The van der Waals surface area contributed by atoms with Crippen LogP contribution in [0.3, 0.4) is 0 Å². The van der Waals surface area contributed by atoms with Crippen molar-refractivity contribution < 1.29 is 4.79 Å². The van der Waals surface area contributed by atoms with Crippen LogP contribution in [-0.2, 0) is 4.79 Å². The van der Waals surface area contributed by atoms with Crippen LogP contribution in [0.1, 0.15) is 6.92 Å². The van der Waals surface area contributed by atoms with Gasteiger partial charge in [-0.15, -0.1) is 0 Å². The molecule has 0 aromatic rings. The first kappa shape index (κ1) is 7.66. The van der Waals surface area contributed by atoms with Gasteiger partial charge < -0.3 is 5.32 Å². The average Bonchev–Trinajstić information content (AvgIpc) is 2.64. The fourth-order valence-electron chi connectivity index (χ4n) is 0.543. The fourth-order valence-corrected chi connectivity index (χ4v) is 0.998. The smallest absolute Gasteiger partial charge is 0.246 e. The molecule has 1 fully saturated rings. The lowest BCUT2D eigenvalue weighted by molar-refractivity contribution is -0.117. The number of hydrogen-bond acceptors (Lipinski definition) is 2. The molecule has 0 aliphatic carbocycles. The van der Waals surface area contributed by atoms with Crippen LogP contribution in [0.2, 0.25) is 0 Å². The summed E-state index contributed by atoms with van der Waals surface area (Å²) in [5.74, 6) is 1.17. The van der Waals surface area contributed by atoms with Gasteiger partial charge in [-0.05, 0) is 6.92 Å². The van der Waals surface area contributed by atoms with E-state index in [4.69, 9.17) is 0 Å². The van der Waals surface area contributed by atoms with Crippen LogP contribution in [-0.4, -0.2) is 23.5 Å². The standard InChI is InChI=1S/C7H11NOS/c1-5(2)7(9)8-3-6-4-10-6/h6H,1,3-4H2,2H3,(H,8,9). The molecule has 56 valence electrons. The molecular weight excluding hydrogens is 146 g/mol. The third kappa shape index (κ3) is 2.43. The van der Waals surface area contributed by atoms with E-state index in [0.717, 1.165) is 6.54 Å². The van der Waals surface area contributed by atoms with Crippen LogP contribution in [0.15, 0.2) is 12.2 Å². The number of carbonyl (C=O) groups is 1. The minimum Gasteiger partial charge on any atom is -0.351 e. The predicted molar refractivity (Wildman–Crippen MR) is 44.1 cm³/mol. The van der Waals surface area contributed by atoms with Crippen molar-refractivity contribution in [1.82, 2.24) is 5.32 Å². The molecule has 1 rings (SSSR count). The maximum atomic E-state index is 10.9. The minimum atomic E-state index is -0.0208.